The smallest absolute Gasteiger partial charge is 0.186 e. The Morgan fingerprint density at radius 2 is 2.00 bits per heavy atom. The third kappa shape index (κ3) is 4.61. The highest BCUT2D eigenvalue weighted by Crippen LogP contribution is 2.21. The molecule has 0 amide bonds. The SMILES string of the molecule is CN(C)CCN(C)CC(=O)c1ccc(Cl)s1. The van der Waals surface area contributed by atoms with E-state index in [1.165, 1.54) is 11.3 Å². The Balaban J connectivity index is 2.39. The maximum absolute atomic E-state index is 11.8. The normalized spacial score (nSPS) is 11.4. The van der Waals surface area contributed by atoms with E-state index < -0.39 is 0 Å². The van der Waals surface area contributed by atoms with E-state index in [1.54, 1.807) is 12.1 Å². The van der Waals surface area contributed by atoms with Gasteiger partial charge in [-0.3, -0.25) is 9.69 Å². The third-order valence-corrected chi connectivity index (χ3v) is 3.46. The van der Waals surface area contributed by atoms with Gasteiger partial charge in [0.05, 0.1) is 15.8 Å². The maximum Gasteiger partial charge on any atom is 0.186 e. The van der Waals surface area contributed by atoms with Gasteiger partial charge in [-0.25, -0.2) is 0 Å². The van der Waals surface area contributed by atoms with Gasteiger partial charge in [0.1, 0.15) is 0 Å². The third-order valence-electron chi connectivity index (χ3n) is 2.19. The van der Waals surface area contributed by atoms with E-state index in [0.717, 1.165) is 18.0 Å². The Hall–Kier alpha value is -0.420. The molecule has 1 aromatic rings. The second-order valence-corrected chi connectivity index (χ2v) is 5.78. The number of nitrogens with zero attached hydrogens (tertiary/aromatic N) is 2. The zero-order valence-corrected chi connectivity index (χ0v) is 11.4. The van der Waals surface area contributed by atoms with Gasteiger partial charge in [-0.1, -0.05) is 11.6 Å². The Kier molecular flexibility index (Phi) is 5.41. The van der Waals surface area contributed by atoms with Crippen molar-refractivity contribution in [2.45, 2.75) is 0 Å². The number of carbonyl (C=O) groups excluding carboxylic acids is 1. The Morgan fingerprint density at radius 3 is 2.50 bits per heavy atom. The van der Waals surface area contributed by atoms with Crippen molar-refractivity contribution in [3.8, 4) is 0 Å². The van der Waals surface area contributed by atoms with E-state index in [1.807, 2.05) is 26.0 Å². The van der Waals surface area contributed by atoms with Crippen molar-refractivity contribution in [3.05, 3.63) is 21.3 Å². The van der Waals surface area contributed by atoms with Gasteiger partial charge in [0.25, 0.3) is 0 Å². The first-order valence-electron chi connectivity index (χ1n) is 5.11. The van der Waals surface area contributed by atoms with Crippen molar-refractivity contribution in [2.75, 3.05) is 40.8 Å². The fraction of sp³-hybridized carbons (Fsp3) is 0.545. The molecular formula is C11H17ClN2OS. The van der Waals surface area contributed by atoms with Crippen LogP contribution in [0.1, 0.15) is 9.67 Å². The van der Waals surface area contributed by atoms with Crippen molar-refractivity contribution in [2.24, 2.45) is 0 Å². The topological polar surface area (TPSA) is 23.6 Å². The number of carbonyl (C=O) groups is 1. The van der Waals surface area contributed by atoms with E-state index in [-0.39, 0.29) is 5.78 Å². The zero-order chi connectivity index (χ0) is 12.1. The summed E-state index contributed by atoms with van der Waals surface area (Å²) in [5.74, 6) is 0.137. The molecule has 5 heteroatoms. The number of rotatable bonds is 6. The molecule has 0 atom stereocenters. The van der Waals surface area contributed by atoms with Crippen LogP contribution in [-0.2, 0) is 0 Å². The van der Waals surface area contributed by atoms with Gasteiger partial charge >= 0.3 is 0 Å². The second kappa shape index (κ2) is 6.35. The van der Waals surface area contributed by atoms with E-state index in [4.69, 9.17) is 11.6 Å². The molecule has 0 aliphatic heterocycles. The monoisotopic (exact) mass is 260 g/mol. The van der Waals surface area contributed by atoms with Gasteiger partial charge in [-0.05, 0) is 33.3 Å². The summed E-state index contributed by atoms with van der Waals surface area (Å²) in [5.41, 5.74) is 0. The van der Waals surface area contributed by atoms with Crippen LogP contribution in [0.15, 0.2) is 12.1 Å². The highest BCUT2D eigenvalue weighted by Gasteiger charge is 2.11. The lowest BCUT2D eigenvalue weighted by Gasteiger charge is -2.18. The summed E-state index contributed by atoms with van der Waals surface area (Å²) in [6, 6.07) is 3.55. The van der Waals surface area contributed by atoms with E-state index in [0.29, 0.717) is 10.9 Å². The van der Waals surface area contributed by atoms with Gasteiger partial charge in [-0.2, -0.15) is 0 Å². The highest BCUT2D eigenvalue weighted by atomic mass is 35.5. The maximum atomic E-state index is 11.8. The molecule has 16 heavy (non-hydrogen) atoms. The quantitative estimate of drug-likeness (QED) is 0.732. The molecule has 0 N–H and O–H groups in total. The molecule has 3 nitrogen and oxygen atoms in total. The summed E-state index contributed by atoms with van der Waals surface area (Å²) >= 11 is 7.13. The lowest BCUT2D eigenvalue weighted by Crippen LogP contribution is -2.32. The summed E-state index contributed by atoms with van der Waals surface area (Å²) in [6.07, 6.45) is 0. The predicted molar refractivity (Wildman–Crippen MR) is 69.7 cm³/mol. The summed E-state index contributed by atoms with van der Waals surface area (Å²) in [6.45, 7) is 2.29. The van der Waals surface area contributed by atoms with Crippen LogP contribution in [0.2, 0.25) is 4.34 Å². The lowest BCUT2D eigenvalue weighted by molar-refractivity contribution is 0.0946. The molecular weight excluding hydrogens is 244 g/mol. The van der Waals surface area contributed by atoms with Crippen LogP contribution < -0.4 is 0 Å². The molecule has 0 radical (unpaired) electrons. The van der Waals surface area contributed by atoms with Crippen LogP contribution in [0.25, 0.3) is 0 Å². The number of hydrogen-bond donors (Lipinski definition) is 0. The van der Waals surface area contributed by atoms with E-state index in [2.05, 4.69) is 4.90 Å². The van der Waals surface area contributed by atoms with Gasteiger partial charge < -0.3 is 4.90 Å². The molecule has 1 rings (SSSR count). The first-order chi connectivity index (χ1) is 7.49. The average Bonchev–Trinajstić information content (AvgIpc) is 2.62. The number of thiophene rings is 1. The first-order valence-corrected chi connectivity index (χ1v) is 6.30. The molecule has 1 aromatic heterocycles. The predicted octanol–water partition coefficient (Wildman–Crippen LogP) is 2.08. The minimum atomic E-state index is 0.137. The van der Waals surface area contributed by atoms with E-state index >= 15 is 0 Å². The van der Waals surface area contributed by atoms with Crippen LogP contribution in [-0.4, -0.2) is 56.4 Å². The summed E-state index contributed by atoms with van der Waals surface area (Å²) < 4.78 is 0.666. The first kappa shape index (κ1) is 13.6. The van der Waals surface area contributed by atoms with Crippen molar-refractivity contribution in [3.63, 3.8) is 0 Å². The van der Waals surface area contributed by atoms with Gasteiger partial charge in [0.2, 0.25) is 0 Å². The molecule has 0 saturated heterocycles. The number of ketones is 1. The second-order valence-electron chi connectivity index (χ2n) is 4.07. The summed E-state index contributed by atoms with van der Waals surface area (Å²) in [4.78, 5) is 16.7. The molecule has 0 spiro atoms. The van der Waals surface area contributed by atoms with Gasteiger partial charge in [-0.15, -0.1) is 11.3 Å². The molecule has 90 valence electrons. The van der Waals surface area contributed by atoms with Crippen molar-refractivity contribution in [1.29, 1.82) is 0 Å². The molecule has 0 unspecified atom stereocenters. The van der Waals surface area contributed by atoms with Gasteiger partial charge in [0.15, 0.2) is 5.78 Å². The largest absolute Gasteiger partial charge is 0.308 e. The van der Waals surface area contributed by atoms with Crippen molar-refractivity contribution >= 4 is 28.7 Å². The minimum Gasteiger partial charge on any atom is -0.308 e. The number of likely N-dealkylation sites (N-methyl/N-ethyl adjacent to an activating group) is 2. The Morgan fingerprint density at radius 1 is 1.31 bits per heavy atom. The van der Waals surface area contributed by atoms with Crippen LogP contribution >= 0.6 is 22.9 Å². The fourth-order valence-electron chi connectivity index (χ4n) is 1.24. The van der Waals surface area contributed by atoms with E-state index in [9.17, 15) is 4.79 Å². The standard InChI is InChI=1S/C11H17ClN2OS/c1-13(2)6-7-14(3)8-9(15)10-4-5-11(12)16-10/h4-5H,6-8H2,1-3H3. The number of hydrogen-bond acceptors (Lipinski definition) is 4. The summed E-state index contributed by atoms with van der Waals surface area (Å²) in [7, 11) is 6.00. The van der Waals surface area contributed by atoms with Crippen LogP contribution in [0, 0.1) is 0 Å². The van der Waals surface area contributed by atoms with Crippen LogP contribution in [0.3, 0.4) is 0 Å². The van der Waals surface area contributed by atoms with Crippen molar-refractivity contribution in [1.82, 2.24) is 9.80 Å². The minimum absolute atomic E-state index is 0.137. The lowest BCUT2D eigenvalue weighted by atomic mass is 10.3. The average molecular weight is 261 g/mol. The molecule has 0 aliphatic carbocycles. The molecule has 1 heterocycles. The molecule has 0 aliphatic rings. The fourth-order valence-corrected chi connectivity index (χ4v) is 2.21. The van der Waals surface area contributed by atoms with Crippen LogP contribution in [0.5, 0.6) is 0 Å². The van der Waals surface area contributed by atoms with Crippen LogP contribution in [0.4, 0.5) is 0 Å². The number of halogens is 1. The Bertz CT molecular complexity index is 352. The molecule has 0 saturated carbocycles. The number of Topliss-reactive ketones (excluding diaryl/α,β-unsaturated/α-hetero) is 1. The zero-order valence-electron chi connectivity index (χ0n) is 9.86. The highest BCUT2D eigenvalue weighted by molar-refractivity contribution is 7.18. The molecule has 0 fully saturated rings. The molecule has 0 bridgehead atoms. The molecule has 0 aromatic carbocycles. The Labute approximate surface area is 106 Å². The van der Waals surface area contributed by atoms with Crippen molar-refractivity contribution < 1.29 is 4.79 Å². The van der Waals surface area contributed by atoms with Gasteiger partial charge in [0, 0.05) is 13.1 Å². The summed E-state index contributed by atoms with van der Waals surface area (Å²) in [5, 5.41) is 0.